The fraction of sp³-hybridized carbons (Fsp3) is 0. The van der Waals surface area contributed by atoms with Gasteiger partial charge in [0.2, 0.25) is 0 Å². The van der Waals surface area contributed by atoms with Gasteiger partial charge in [-0.2, -0.15) is 0 Å². The van der Waals surface area contributed by atoms with E-state index < -0.39 is 48.3 Å². The summed E-state index contributed by atoms with van der Waals surface area (Å²) in [5, 5.41) is 7.64. The minimum atomic E-state index is -0.511. The third-order valence-electron chi connectivity index (χ3n) is 8.55. The molecule has 0 saturated heterocycles. The van der Waals surface area contributed by atoms with Gasteiger partial charge in [-0.05, 0) is 73.7 Å². The van der Waals surface area contributed by atoms with Crippen molar-refractivity contribution >= 4 is 76.2 Å². The Labute approximate surface area is 262 Å². The molecular formula is C40H23N3O. The van der Waals surface area contributed by atoms with Crippen LogP contribution in [0.1, 0.15) is 11.0 Å². The van der Waals surface area contributed by atoms with E-state index in [4.69, 9.17) is 15.4 Å². The van der Waals surface area contributed by atoms with Crippen molar-refractivity contribution in [1.82, 2.24) is 14.5 Å². The number of hydrogen-bond donors (Lipinski definition) is 0. The average Bonchev–Trinajstić information content (AvgIpc) is 3.74. The number of fused-ring (bicyclic) bond motifs is 12. The van der Waals surface area contributed by atoms with Crippen LogP contribution in [0.25, 0.3) is 93.1 Å². The first-order chi connectivity index (χ1) is 25.2. The van der Waals surface area contributed by atoms with E-state index in [0.717, 1.165) is 27.3 Å². The number of benzene rings is 7. The molecule has 0 amide bonds. The summed E-state index contributed by atoms with van der Waals surface area (Å²) in [5.74, 6) is 0.0851. The van der Waals surface area contributed by atoms with Crippen LogP contribution in [0.3, 0.4) is 0 Å². The molecule has 0 fully saturated rings. The molecule has 0 saturated carbocycles. The molecule has 4 heteroatoms. The second-order valence-corrected chi connectivity index (χ2v) is 10.8. The van der Waals surface area contributed by atoms with E-state index in [2.05, 4.69) is 76.7 Å². The lowest BCUT2D eigenvalue weighted by molar-refractivity contribution is 0.662. The van der Waals surface area contributed by atoms with Gasteiger partial charge in [0.1, 0.15) is 17.4 Å². The molecule has 3 heterocycles. The van der Waals surface area contributed by atoms with Crippen LogP contribution in [-0.4, -0.2) is 14.5 Å². The quantitative estimate of drug-likeness (QED) is 0.195. The molecule has 0 spiro atoms. The van der Waals surface area contributed by atoms with Gasteiger partial charge in [-0.25, -0.2) is 9.97 Å². The second kappa shape index (κ2) is 8.76. The Morgan fingerprint density at radius 1 is 0.523 bits per heavy atom. The van der Waals surface area contributed by atoms with Gasteiger partial charge in [0, 0.05) is 16.2 Å². The Morgan fingerprint density at radius 3 is 1.73 bits per heavy atom. The number of nitrogens with zero attached hydrogens (tertiary/aromatic N) is 3. The second-order valence-electron chi connectivity index (χ2n) is 10.8. The summed E-state index contributed by atoms with van der Waals surface area (Å²) in [4.78, 5) is 9.09. The summed E-state index contributed by atoms with van der Waals surface area (Å²) < 4.78 is 76.6. The van der Waals surface area contributed by atoms with E-state index in [1.54, 1.807) is 0 Å². The Kier molecular flexibility index (Phi) is 3.42. The molecule has 0 N–H and O–H groups in total. The Balaban J connectivity index is 1.25. The summed E-state index contributed by atoms with van der Waals surface area (Å²) in [5.41, 5.74) is 2.99. The highest BCUT2D eigenvalue weighted by molar-refractivity contribution is 6.25. The molecule has 44 heavy (non-hydrogen) atoms. The lowest BCUT2D eigenvalue weighted by Crippen LogP contribution is -1.98. The van der Waals surface area contributed by atoms with Crippen LogP contribution in [0.5, 0.6) is 0 Å². The van der Waals surface area contributed by atoms with Crippen molar-refractivity contribution in [3.63, 3.8) is 0 Å². The molecular weight excluding hydrogens is 538 g/mol. The van der Waals surface area contributed by atoms with Gasteiger partial charge in [-0.3, -0.25) is 4.57 Å². The van der Waals surface area contributed by atoms with Crippen molar-refractivity contribution in [2.24, 2.45) is 0 Å². The number of hydrogen-bond acceptors (Lipinski definition) is 3. The normalized spacial score (nSPS) is 14.6. The van der Waals surface area contributed by atoms with E-state index in [0.29, 0.717) is 16.5 Å². The lowest BCUT2D eigenvalue weighted by atomic mass is 9.92. The third-order valence-corrected chi connectivity index (χ3v) is 8.55. The van der Waals surface area contributed by atoms with Crippen LogP contribution in [0.15, 0.2) is 144 Å². The summed E-state index contributed by atoms with van der Waals surface area (Å²) >= 11 is 0. The monoisotopic (exact) mass is 569 g/mol. The van der Waals surface area contributed by atoms with Gasteiger partial charge in [-0.15, -0.1) is 0 Å². The van der Waals surface area contributed by atoms with Gasteiger partial charge in [0.25, 0.3) is 0 Å². The lowest BCUT2D eigenvalue weighted by Gasteiger charge is -2.12. The maximum atomic E-state index is 8.89. The first-order valence-corrected chi connectivity index (χ1v) is 14.2. The van der Waals surface area contributed by atoms with Gasteiger partial charge in [-0.1, -0.05) is 103 Å². The average molecular weight is 570 g/mol. The predicted octanol–water partition coefficient (Wildman–Crippen LogP) is 10.6. The van der Waals surface area contributed by atoms with Crippen LogP contribution in [0.4, 0.5) is 0 Å². The zero-order valence-corrected chi connectivity index (χ0v) is 22.9. The zero-order chi connectivity index (χ0) is 35.7. The number of furan rings is 1. The van der Waals surface area contributed by atoms with E-state index in [9.17, 15) is 0 Å². The molecule has 7 aromatic carbocycles. The minimum absolute atomic E-state index is 0.0326. The molecule has 0 atom stereocenters. The Bertz CT molecular complexity index is 3130. The van der Waals surface area contributed by atoms with Crippen LogP contribution in [0, 0.1) is 0 Å². The Morgan fingerprint density at radius 2 is 1.07 bits per heavy atom. The van der Waals surface area contributed by atoms with Crippen molar-refractivity contribution in [1.29, 1.82) is 0 Å². The number of aromatic nitrogens is 3. The molecule has 0 radical (unpaired) electrons. The molecule has 0 aliphatic carbocycles. The van der Waals surface area contributed by atoms with Gasteiger partial charge >= 0.3 is 0 Å². The van der Waals surface area contributed by atoms with E-state index >= 15 is 0 Å². The molecule has 10 aromatic rings. The largest absolute Gasteiger partial charge is 0.450 e. The first-order valence-electron chi connectivity index (χ1n) is 18.2. The van der Waals surface area contributed by atoms with Crippen molar-refractivity contribution in [3.05, 3.63) is 140 Å². The van der Waals surface area contributed by atoms with Crippen LogP contribution in [0.2, 0.25) is 0 Å². The van der Waals surface area contributed by atoms with E-state index in [1.165, 1.54) is 27.1 Å². The summed E-state index contributed by atoms with van der Waals surface area (Å²) in [7, 11) is 0. The van der Waals surface area contributed by atoms with Crippen LogP contribution in [-0.2, 0) is 0 Å². The summed E-state index contributed by atoms with van der Waals surface area (Å²) in [6.45, 7) is 0. The molecule has 0 unspecified atom stereocenters. The third kappa shape index (κ3) is 3.17. The van der Waals surface area contributed by atoms with Crippen LogP contribution < -0.4 is 0 Å². The maximum Gasteiger partial charge on any atom is 0.197 e. The van der Waals surface area contributed by atoms with Crippen molar-refractivity contribution in [2.45, 2.75) is 0 Å². The topological polar surface area (TPSA) is 43.9 Å². The summed E-state index contributed by atoms with van der Waals surface area (Å²) in [6.07, 6.45) is 1.32. The molecule has 3 aromatic heterocycles. The molecule has 4 nitrogen and oxygen atoms in total. The van der Waals surface area contributed by atoms with Crippen molar-refractivity contribution in [3.8, 4) is 16.9 Å². The fourth-order valence-corrected chi connectivity index (χ4v) is 6.62. The number of para-hydroxylation sites is 2. The van der Waals surface area contributed by atoms with Crippen molar-refractivity contribution in [2.75, 3.05) is 0 Å². The smallest absolute Gasteiger partial charge is 0.197 e. The fourth-order valence-electron chi connectivity index (χ4n) is 6.62. The van der Waals surface area contributed by atoms with Gasteiger partial charge in [0.05, 0.1) is 22.0 Å². The van der Waals surface area contributed by atoms with Gasteiger partial charge in [0.15, 0.2) is 11.4 Å². The number of rotatable bonds is 2. The molecule has 0 aliphatic rings. The van der Waals surface area contributed by atoms with Crippen LogP contribution >= 0.6 is 0 Å². The SMILES string of the molecule is [2H]c1c([2H])c([2H])c2c(c1[2H])c1c([2H])c([2H])c([2H])c([2H])c1n2-c1ncnc2c1oc1ccc(-c3ccc4c5ccccc5c5ccccc5c4c3)cc12. The van der Waals surface area contributed by atoms with Gasteiger partial charge < -0.3 is 4.42 Å². The van der Waals surface area contributed by atoms with E-state index in [-0.39, 0.29) is 33.2 Å². The standard InChI is InChI=1S/C40H23N3O/c1-2-11-28-26(9-1)27-10-3-4-12-29(27)33-21-24(17-19-30(28)33)25-18-20-37-34(22-25)38-39(44-37)40(42-23-41-38)43-35-15-7-5-13-31(35)32-14-6-8-16-36(32)43/h1-23H/i5D,6D,7D,8D,13D,14D,15D,16D. The highest BCUT2D eigenvalue weighted by Crippen LogP contribution is 2.40. The maximum absolute atomic E-state index is 8.89. The first kappa shape index (κ1) is 17.2. The predicted molar refractivity (Wildman–Crippen MR) is 182 cm³/mol. The van der Waals surface area contributed by atoms with Crippen molar-refractivity contribution < 1.29 is 15.4 Å². The molecule has 0 aliphatic heterocycles. The Hall–Kier alpha value is -6.00. The molecule has 10 rings (SSSR count). The highest BCUT2D eigenvalue weighted by atomic mass is 16.3. The minimum Gasteiger partial charge on any atom is -0.450 e. The molecule has 204 valence electrons. The highest BCUT2D eigenvalue weighted by Gasteiger charge is 2.20. The molecule has 0 bridgehead atoms. The van der Waals surface area contributed by atoms with E-state index in [1.807, 2.05) is 18.2 Å². The summed E-state index contributed by atoms with van der Waals surface area (Å²) in [6, 6.07) is 25.4. The zero-order valence-electron chi connectivity index (χ0n) is 30.9.